The van der Waals surface area contributed by atoms with Gasteiger partial charge in [0.05, 0.1) is 6.61 Å². The van der Waals surface area contributed by atoms with Gasteiger partial charge in [-0.05, 0) is 36.1 Å². The molecule has 4 nitrogen and oxygen atoms in total. The topological polar surface area (TPSA) is 47.6 Å². The summed E-state index contributed by atoms with van der Waals surface area (Å²) in [6.07, 6.45) is 1.91. The monoisotopic (exact) mass is 325 g/mol. The van der Waals surface area contributed by atoms with Gasteiger partial charge in [-0.15, -0.1) is 0 Å². The zero-order valence-corrected chi connectivity index (χ0v) is 13.7. The number of carbonyl (C=O) groups is 1. The lowest BCUT2D eigenvalue weighted by Crippen LogP contribution is -2.33. The molecule has 0 radical (unpaired) electrons. The van der Waals surface area contributed by atoms with E-state index in [-0.39, 0.29) is 12.5 Å². The maximum absolute atomic E-state index is 11.8. The quantitative estimate of drug-likeness (QED) is 0.851. The Bertz CT molecular complexity index is 634. The van der Waals surface area contributed by atoms with Crippen molar-refractivity contribution in [2.45, 2.75) is 12.8 Å². The average molecular weight is 325 g/mol. The number of rotatable bonds is 7. The molecule has 126 valence electrons. The van der Waals surface area contributed by atoms with Gasteiger partial charge in [-0.3, -0.25) is 4.79 Å². The van der Waals surface area contributed by atoms with Gasteiger partial charge in [-0.2, -0.15) is 0 Å². The van der Waals surface area contributed by atoms with Crippen molar-refractivity contribution in [1.82, 2.24) is 5.32 Å². The van der Waals surface area contributed by atoms with E-state index in [0.717, 1.165) is 26.1 Å². The van der Waals surface area contributed by atoms with Crippen molar-refractivity contribution in [2.75, 3.05) is 26.4 Å². The molecule has 1 saturated heterocycles. The molecule has 1 aliphatic heterocycles. The fourth-order valence-corrected chi connectivity index (χ4v) is 2.74. The highest BCUT2D eigenvalue weighted by Crippen LogP contribution is 2.15. The summed E-state index contributed by atoms with van der Waals surface area (Å²) >= 11 is 0. The van der Waals surface area contributed by atoms with Crippen molar-refractivity contribution in [3.05, 3.63) is 65.7 Å². The molecule has 4 heteroatoms. The lowest BCUT2D eigenvalue weighted by Gasteiger charge is -2.10. The van der Waals surface area contributed by atoms with Crippen LogP contribution in [0.4, 0.5) is 0 Å². The summed E-state index contributed by atoms with van der Waals surface area (Å²) < 4.78 is 10.8. The van der Waals surface area contributed by atoms with E-state index in [1.165, 1.54) is 11.1 Å². The van der Waals surface area contributed by atoms with Crippen molar-refractivity contribution in [3.8, 4) is 5.75 Å². The summed E-state index contributed by atoms with van der Waals surface area (Å²) in [5.41, 5.74) is 2.50. The molecular formula is C20H23NO3. The van der Waals surface area contributed by atoms with Crippen LogP contribution in [0.15, 0.2) is 54.6 Å². The molecular weight excluding hydrogens is 302 g/mol. The van der Waals surface area contributed by atoms with Crippen molar-refractivity contribution >= 4 is 5.91 Å². The number of benzene rings is 2. The van der Waals surface area contributed by atoms with E-state index in [2.05, 4.69) is 17.4 Å². The Morgan fingerprint density at radius 3 is 2.54 bits per heavy atom. The molecule has 3 rings (SSSR count). The van der Waals surface area contributed by atoms with Gasteiger partial charge in [-0.25, -0.2) is 0 Å². The molecule has 0 aliphatic carbocycles. The Morgan fingerprint density at radius 2 is 1.83 bits per heavy atom. The van der Waals surface area contributed by atoms with Crippen LogP contribution >= 0.6 is 0 Å². The van der Waals surface area contributed by atoms with Crippen LogP contribution in [-0.4, -0.2) is 32.3 Å². The number of carbonyl (C=O) groups excluding carboxylic acids is 1. The van der Waals surface area contributed by atoms with E-state index in [9.17, 15) is 4.79 Å². The van der Waals surface area contributed by atoms with E-state index in [1.807, 2.05) is 42.5 Å². The fraction of sp³-hybridized carbons (Fsp3) is 0.350. The van der Waals surface area contributed by atoms with Crippen LogP contribution in [0, 0.1) is 5.92 Å². The molecule has 1 fully saturated rings. The van der Waals surface area contributed by atoms with E-state index in [1.54, 1.807) is 0 Å². The van der Waals surface area contributed by atoms with E-state index < -0.39 is 0 Å². The summed E-state index contributed by atoms with van der Waals surface area (Å²) in [4.78, 5) is 11.8. The van der Waals surface area contributed by atoms with Crippen molar-refractivity contribution in [3.63, 3.8) is 0 Å². The minimum atomic E-state index is -0.0877. The Balaban J connectivity index is 1.41. The smallest absolute Gasteiger partial charge is 0.257 e. The first-order valence-corrected chi connectivity index (χ1v) is 8.40. The second kappa shape index (κ2) is 8.50. The fourth-order valence-electron chi connectivity index (χ4n) is 2.74. The third-order valence-electron chi connectivity index (χ3n) is 4.16. The van der Waals surface area contributed by atoms with Crippen LogP contribution in [-0.2, 0) is 16.0 Å². The van der Waals surface area contributed by atoms with Gasteiger partial charge in [0.1, 0.15) is 5.75 Å². The minimum Gasteiger partial charge on any atom is -0.484 e. The molecule has 1 amide bonds. The van der Waals surface area contributed by atoms with Crippen molar-refractivity contribution < 1.29 is 14.3 Å². The first kappa shape index (κ1) is 16.5. The van der Waals surface area contributed by atoms with E-state index in [4.69, 9.17) is 9.47 Å². The highest BCUT2D eigenvalue weighted by atomic mass is 16.5. The molecule has 0 saturated carbocycles. The molecule has 1 aliphatic rings. The second-order valence-electron chi connectivity index (χ2n) is 6.13. The number of hydrogen-bond donors (Lipinski definition) is 1. The average Bonchev–Trinajstić information content (AvgIpc) is 3.14. The van der Waals surface area contributed by atoms with Crippen molar-refractivity contribution in [1.29, 1.82) is 0 Å². The Morgan fingerprint density at radius 1 is 1.08 bits per heavy atom. The highest BCUT2D eigenvalue weighted by Gasteiger charge is 2.16. The normalized spacial score (nSPS) is 16.8. The van der Waals surface area contributed by atoms with Gasteiger partial charge in [0.25, 0.3) is 5.91 Å². The van der Waals surface area contributed by atoms with Crippen LogP contribution in [0.3, 0.4) is 0 Å². The van der Waals surface area contributed by atoms with Crippen LogP contribution in [0.2, 0.25) is 0 Å². The summed E-state index contributed by atoms with van der Waals surface area (Å²) in [6, 6.07) is 18.2. The van der Waals surface area contributed by atoms with Gasteiger partial charge in [0, 0.05) is 19.1 Å². The van der Waals surface area contributed by atoms with Gasteiger partial charge in [-0.1, -0.05) is 42.5 Å². The lowest BCUT2D eigenvalue weighted by atomic mass is 10.1. The second-order valence-corrected chi connectivity index (χ2v) is 6.13. The third kappa shape index (κ3) is 5.10. The van der Waals surface area contributed by atoms with Crippen molar-refractivity contribution in [2.24, 2.45) is 5.92 Å². The van der Waals surface area contributed by atoms with E-state index in [0.29, 0.717) is 18.2 Å². The molecule has 1 heterocycles. The van der Waals surface area contributed by atoms with Gasteiger partial charge < -0.3 is 14.8 Å². The van der Waals surface area contributed by atoms with Crippen LogP contribution in [0.1, 0.15) is 17.5 Å². The molecule has 2 aromatic rings. The molecule has 0 aromatic heterocycles. The Hall–Kier alpha value is -2.33. The zero-order valence-electron chi connectivity index (χ0n) is 13.7. The van der Waals surface area contributed by atoms with E-state index >= 15 is 0 Å². The summed E-state index contributed by atoms with van der Waals surface area (Å²) in [5.74, 6) is 1.06. The van der Waals surface area contributed by atoms with Gasteiger partial charge in [0.15, 0.2) is 6.61 Å². The van der Waals surface area contributed by atoms with Crippen LogP contribution in [0.25, 0.3) is 0 Å². The number of nitrogens with one attached hydrogen (secondary N) is 1. The largest absolute Gasteiger partial charge is 0.484 e. The predicted octanol–water partition coefficient (Wildman–Crippen LogP) is 2.81. The SMILES string of the molecule is O=C(COc1ccc(Cc2ccccc2)cc1)NC[C@H]1CCOC1. The third-order valence-corrected chi connectivity index (χ3v) is 4.16. The lowest BCUT2D eigenvalue weighted by molar-refractivity contribution is -0.123. The van der Waals surface area contributed by atoms with Crippen LogP contribution < -0.4 is 10.1 Å². The summed E-state index contributed by atoms with van der Waals surface area (Å²) in [7, 11) is 0. The Kier molecular flexibility index (Phi) is 5.85. The number of hydrogen-bond acceptors (Lipinski definition) is 3. The molecule has 0 unspecified atom stereocenters. The molecule has 0 spiro atoms. The molecule has 24 heavy (non-hydrogen) atoms. The highest BCUT2D eigenvalue weighted by molar-refractivity contribution is 5.77. The first-order chi connectivity index (χ1) is 11.8. The maximum atomic E-state index is 11.8. The predicted molar refractivity (Wildman–Crippen MR) is 93.1 cm³/mol. The molecule has 0 bridgehead atoms. The minimum absolute atomic E-state index is 0.0472. The Labute approximate surface area is 142 Å². The molecule has 2 aromatic carbocycles. The van der Waals surface area contributed by atoms with Crippen LogP contribution in [0.5, 0.6) is 5.75 Å². The maximum Gasteiger partial charge on any atom is 0.257 e. The molecule has 1 atom stereocenters. The summed E-state index contributed by atoms with van der Waals surface area (Å²) in [5, 5.41) is 2.89. The number of ether oxygens (including phenoxy) is 2. The summed E-state index contributed by atoms with van der Waals surface area (Å²) in [6.45, 7) is 2.25. The van der Waals surface area contributed by atoms with Gasteiger partial charge >= 0.3 is 0 Å². The first-order valence-electron chi connectivity index (χ1n) is 8.40. The van der Waals surface area contributed by atoms with Gasteiger partial charge in [0.2, 0.25) is 0 Å². The number of amides is 1. The zero-order chi connectivity index (χ0) is 16.6. The molecule has 1 N–H and O–H groups in total. The standard InChI is InChI=1S/C20H23NO3/c22-20(21-13-18-10-11-23-14-18)15-24-19-8-6-17(7-9-19)12-16-4-2-1-3-5-16/h1-9,18H,10-15H2,(H,21,22)/t18-/m1/s1.